The zero-order chi connectivity index (χ0) is 8.97. The number of aryl methyl sites for hydroxylation is 1. The van der Waals surface area contributed by atoms with E-state index in [2.05, 4.69) is 14.1 Å². The minimum atomic E-state index is -1.52. The highest BCUT2D eigenvalue weighted by Gasteiger charge is 2.03. The molecule has 0 spiro atoms. The molecule has 0 saturated heterocycles. The summed E-state index contributed by atoms with van der Waals surface area (Å²) in [6.45, 7) is 1.76. The predicted octanol–water partition coefficient (Wildman–Crippen LogP) is 1.46. The summed E-state index contributed by atoms with van der Waals surface area (Å²) >= 11 is 2.38. The summed E-state index contributed by atoms with van der Waals surface area (Å²) < 4.78 is 8.76. The Kier molecular flexibility index (Phi) is 3.30. The number of thioether (sulfide) groups is 1. The van der Waals surface area contributed by atoms with Gasteiger partial charge in [0, 0.05) is 0 Å². The molecule has 5 nitrogen and oxygen atoms in total. The molecule has 0 amide bonds. The molecule has 0 saturated carbocycles. The molecule has 0 bridgehead atoms. The van der Waals surface area contributed by atoms with Gasteiger partial charge in [0.2, 0.25) is 0 Å². The second-order valence-corrected chi connectivity index (χ2v) is 3.69. The lowest BCUT2D eigenvalue weighted by Gasteiger charge is -1.93. The lowest BCUT2D eigenvalue weighted by molar-refractivity contribution is 0.0831. The monoisotopic (exact) mass is 205 g/mol. The van der Waals surface area contributed by atoms with Gasteiger partial charge in [0.25, 0.3) is 0 Å². The molecule has 12 heavy (non-hydrogen) atoms. The van der Waals surface area contributed by atoms with E-state index < -0.39 is 6.16 Å². The van der Waals surface area contributed by atoms with E-state index in [4.69, 9.17) is 0 Å². The third-order valence-corrected chi connectivity index (χ3v) is 2.62. The Bertz CT molecular complexity index is 275. The van der Waals surface area contributed by atoms with Crippen LogP contribution in [0.1, 0.15) is 5.82 Å². The molecule has 0 aromatic carbocycles. The van der Waals surface area contributed by atoms with E-state index in [1.54, 1.807) is 6.92 Å². The molecule has 1 radical (unpaired) electrons. The Hall–Kier alpha value is -0.820. The zero-order valence-electron chi connectivity index (χ0n) is 6.14. The summed E-state index contributed by atoms with van der Waals surface area (Å²) in [6, 6.07) is 0. The van der Waals surface area contributed by atoms with Gasteiger partial charge in [-0.1, -0.05) is 11.8 Å². The predicted molar refractivity (Wildman–Crippen MR) is 42.5 cm³/mol. The highest BCUT2D eigenvalue weighted by atomic mass is 32.2. The number of aromatic nitrogens is 2. The molecular weight excluding hydrogens is 200 g/mol. The summed E-state index contributed by atoms with van der Waals surface area (Å²) in [6.07, 6.45) is -1.52. The third-order valence-electron chi connectivity index (χ3n) is 0.868. The molecule has 1 rings (SSSR count). The number of hydrogen-bond acceptors (Lipinski definition) is 6. The summed E-state index contributed by atoms with van der Waals surface area (Å²) in [5.74, 6) is 0.674. The van der Waals surface area contributed by atoms with Crippen LogP contribution in [0.5, 0.6) is 0 Å². The molecule has 65 valence electrons. The first-order chi connectivity index (χ1) is 5.68. The minimum absolute atomic E-state index is 0.00301. The molecule has 7 heteroatoms. The maximum absolute atomic E-state index is 9.82. The summed E-state index contributed by atoms with van der Waals surface area (Å²) in [7, 11) is 0. The van der Waals surface area contributed by atoms with Crippen LogP contribution in [-0.4, -0.2) is 21.5 Å². The quantitative estimate of drug-likeness (QED) is 0.424. The smallest absolute Gasteiger partial charge is 0.420 e. The SMILES string of the molecule is Cc1nsc(SCOC([O])=O)n1. The van der Waals surface area contributed by atoms with E-state index in [0.29, 0.717) is 10.2 Å². The van der Waals surface area contributed by atoms with Gasteiger partial charge >= 0.3 is 6.16 Å². The molecule has 1 aromatic heterocycles. The number of carbonyl (C=O) groups is 1. The fraction of sp³-hybridized carbons (Fsp3) is 0.400. The lowest BCUT2D eigenvalue weighted by Crippen LogP contribution is -1.96. The van der Waals surface area contributed by atoms with Crippen molar-refractivity contribution < 1.29 is 14.6 Å². The largest absolute Gasteiger partial charge is 0.550 e. The molecular formula is C5H5N2O3S2. The molecule has 1 heterocycles. The van der Waals surface area contributed by atoms with Gasteiger partial charge < -0.3 is 4.74 Å². The van der Waals surface area contributed by atoms with Gasteiger partial charge in [-0.15, -0.1) is 0 Å². The molecule has 1 aromatic rings. The lowest BCUT2D eigenvalue weighted by atomic mass is 10.8. The third kappa shape index (κ3) is 3.05. The van der Waals surface area contributed by atoms with Gasteiger partial charge in [0.1, 0.15) is 11.8 Å². The average molecular weight is 205 g/mol. The molecule has 0 aliphatic heterocycles. The fourth-order valence-corrected chi connectivity index (χ4v) is 1.81. The van der Waals surface area contributed by atoms with E-state index >= 15 is 0 Å². The van der Waals surface area contributed by atoms with E-state index in [1.165, 1.54) is 23.3 Å². The molecule has 0 fully saturated rings. The second-order valence-electron chi connectivity index (χ2n) is 1.76. The zero-order valence-corrected chi connectivity index (χ0v) is 7.78. The van der Waals surface area contributed by atoms with Crippen LogP contribution in [0, 0.1) is 6.92 Å². The number of rotatable bonds is 3. The number of hydrogen-bond donors (Lipinski definition) is 0. The molecule has 0 atom stereocenters. The van der Waals surface area contributed by atoms with Crippen molar-refractivity contribution in [1.29, 1.82) is 0 Å². The first kappa shape index (κ1) is 9.27. The van der Waals surface area contributed by atoms with Gasteiger partial charge in [0.05, 0.1) is 0 Å². The average Bonchev–Trinajstić information content (AvgIpc) is 2.35. The number of ether oxygens (including phenoxy) is 1. The maximum Gasteiger partial charge on any atom is 0.550 e. The fourth-order valence-electron chi connectivity index (χ4n) is 0.465. The van der Waals surface area contributed by atoms with E-state index in [9.17, 15) is 9.90 Å². The standard InChI is InChI=1S/C5H5N2O3S2/c1-3-6-4(12-7-3)11-2-10-5(8)9/h2H2,1H3. The number of nitrogens with zero attached hydrogens (tertiary/aromatic N) is 2. The number of carbonyl (C=O) groups excluding carboxylic acids is 1. The molecule has 0 aliphatic carbocycles. The molecule has 0 aliphatic rings. The second kappa shape index (κ2) is 4.27. The van der Waals surface area contributed by atoms with Crippen LogP contribution in [0.2, 0.25) is 0 Å². The van der Waals surface area contributed by atoms with Crippen molar-refractivity contribution in [3.05, 3.63) is 5.82 Å². The Morgan fingerprint density at radius 2 is 2.50 bits per heavy atom. The first-order valence-corrected chi connectivity index (χ1v) is 4.71. The van der Waals surface area contributed by atoms with Gasteiger partial charge in [0.15, 0.2) is 4.34 Å². The molecule has 0 N–H and O–H groups in total. The normalized spacial score (nSPS) is 9.75. The van der Waals surface area contributed by atoms with E-state index in [-0.39, 0.29) is 5.94 Å². The van der Waals surface area contributed by atoms with Crippen LogP contribution < -0.4 is 0 Å². The van der Waals surface area contributed by atoms with Gasteiger partial charge in [-0.2, -0.15) is 14.3 Å². The Morgan fingerprint density at radius 3 is 3.00 bits per heavy atom. The Morgan fingerprint density at radius 1 is 1.75 bits per heavy atom. The van der Waals surface area contributed by atoms with Crippen molar-refractivity contribution in [3.8, 4) is 0 Å². The van der Waals surface area contributed by atoms with Crippen LogP contribution in [-0.2, 0) is 9.84 Å². The highest BCUT2D eigenvalue weighted by molar-refractivity contribution is 8.00. The van der Waals surface area contributed by atoms with Crippen molar-refractivity contribution in [2.75, 3.05) is 5.94 Å². The highest BCUT2D eigenvalue weighted by Crippen LogP contribution is 2.19. The summed E-state index contributed by atoms with van der Waals surface area (Å²) in [5, 5.41) is 9.82. The van der Waals surface area contributed by atoms with Crippen molar-refractivity contribution in [2.45, 2.75) is 11.3 Å². The molecule has 0 unspecified atom stereocenters. The minimum Gasteiger partial charge on any atom is -0.420 e. The van der Waals surface area contributed by atoms with Crippen LogP contribution >= 0.6 is 23.3 Å². The van der Waals surface area contributed by atoms with Crippen molar-refractivity contribution in [1.82, 2.24) is 9.36 Å². The first-order valence-electron chi connectivity index (χ1n) is 2.95. The van der Waals surface area contributed by atoms with Crippen LogP contribution in [0.15, 0.2) is 4.34 Å². The van der Waals surface area contributed by atoms with Gasteiger partial charge in [-0.3, -0.25) is 0 Å². The van der Waals surface area contributed by atoms with Gasteiger partial charge in [-0.05, 0) is 18.5 Å². The Labute approximate surface area is 76.9 Å². The van der Waals surface area contributed by atoms with Crippen molar-refractivity contribution in [2.24, 2.45) is 0 Å². The summed E-state index contributed by atoms with van der Waals surface area (Å²) in [5.41, 5.74) is 0. The van der Waals surface area contributed by atoms with E-state index in [1.807, 2.05) is 0 Å². The van der Waals surface area contributed by atoms with Gasteiger partial charge in [-0.25, -0.2) is 4.98 Å². The van der Waals surface area contributed by atoms with E-state index in [0.717, 1.165) is 0 Å². The Balaban J connectivity index is 2.29. The van der Waals surface area contributed by atoms with Crippen molar-refractivity contribution >= 4 is 29.4 Å². The van der Waals surface area contributed by atoms with Crippen molar-refractivity contribution in [3.63, 3.8) is 0 Å². The van der Waals surface area contributed by atoms with Crippen LogP contribution in [0.25, 0.3) is 0 Å². The van der Waals surface area contributed by atoms with Crippen LogP contribution in [0.4, 0.5) is 4.79 Å². The maximum atomic E-state index is 9.82. The van der Waals surface area contributed by atoms with Crippen LogP contribution in [0.3, 0.4) is 0 Å². The topological polar surface area (TPSA) is 72.0 Å². The summed E-state index contributed by atoms with van der Waals surface area (Å²) in [4.78, 5) is 13.8.